The summed E-state index contributed by atoms with van der Waals surface area (Å²) in [4.78, 5) is 23.8. The maximum Gasteiger partial charge on any atom is 0.573 e. The lowest BCUT2D eigenvalue weighted by Crippen LogP contribution is -2.34. The Balaban J connectivity index is 1.48. The van der Waals surface area contributed by atoms with Crippen LogP contribution in [0.1, 0.15) is 15.9 Å². The zero-order chi connectivity index (χ0) is 20.9. The Bertz CT molecular complexity index is 1050. The summed E-state index contributed by atoms with van der Waals surface area (Å²) in [5.74, 6) is -1.61. The standard InChI is InChI=1S/C19H14F3N3O3S/c20-19(21,22)28-14-7-5-12(6-8-14)18(27)23-10-17(26)25-24-9-13-11-29-16-4-2-1-3-15(13)16/h1-9,11H,10H2,(H,23,27)(H,25,26). The topological polar surface area (TPSA) is 79.8 Å². The molecule has 3 aromatic rings. The number of fused-ring (bicyclic) bond motifs is 1. The third-order valence-electron chi connectivity index (χ3n) is 3.66. The molecule has 0 atom stereocenters. The molecule has 2 N–H and O–H groups in total. The van der Waals surface area contributed by atoms with Crippen LogP contribution in [0.3, 0.4) is 0 Å². The zero-order valence-electron chi connectivity index (χ0n) is 14.7. The number of carbonyl (C=O) groups excluding carboxylic acids is 2. The number of hydrazone groups is 1. The van der Waals surface area contributed by atoms with Crippen molar-refractivity contribution in [3.63, 3.8) is 0 Å². The molecule has 0 aliphatic heterocycles. The van der Waals surface area contributed by atoms with E-state index in [2.05, 4.69) is 20.6 Å². The van der Waals surface area contributed by atoms with Crippen molar-refractivity contribution in [1.82, 2.24) is 10.7 Å². The fraction of sp³-hybridized carbons (Fsp3) is 0.105. The molecule has 0 saturated carbocycles. The lowest BCUT2D eigenvalue weighted by atomic mass is 10.2. The van der Waals surface area contributed by atoms with Gasteiger partial charge in [-0.3, -0.25) is 9.59 Å². The van der Waals surface area contributed by atoms with E-state index in [1.807, 2.05) is 29.6 Å². The second-order valence-electron chi connectivity index (χ2n) is 5.74. The van der Waals surface area contributed by atoms with Crippen LogP contribution in [0, 0.1) is 0 Å². The van der Waals surface area contributed by atoms with Gasteiger partial charge >= 0.3 is 6.36 Å². The third-order valence-corrected chi connectivity index (χ3v) is 4.65. The van der Waals surface area contributed by atoms with E-state index in [9.17, 15) is 22.8 Å². The Hall–Kier alpha value is -3.40. The molecule has 0 unspecified atom stereocenters. The first-order chi connectivity index (χ1) is 13.8. The Kier molecular flexibility index (Phi) is 6.13. The molecule has 0 saturated heterocycles. The van der Waals surface area contributed by atoms with Gasteiger partial charge in [-0.1, -0.05) is 18.2 Å². The fourth-order valence-corrected chi connectivity index (χ4v) is 3.29. The number of alkyl halides is 3. The van der Waals surface area contributed by atoms with Crippen molar-refractivity contribution in [3.05, 3.63) is 65.0 Å². The molecular formula is C19H14F3N3O3S. The van der Waals surface area contributed by atoms with Crippen molar-refractivity contribution in [2.45, 2.75) is 6.36 Å². The average Bonchev–Trinajstić information content (AvgIpc) is 3.09. The first-order valence-electron chi connectivity index (χ1n) is 8.24. The minimum absolute atomic E-state index is 0.0839. The summed E-state index contributed by atoms with van der Waals surface area (Å²) in [5, 5.41) is 9.15. The molecule has 2 amide bonds. The number of thiophene rings is 1. The largest absolute Gasteiger partial charge is 0.573 e. The van der Waals surface area contributed by atoms with Crippen molar-refractivity contribution < 1.29 is 27.5 Å². The van der Waals surface area contributed by atoms with E-state index in [1.165, 1.54) is 6.21 Å². The number of amides is 2. The van der Waals surface area contributed by atoms with Gasteiger partial charge < -0.3 is 10.1 Å². The Morgan fingerprint density at radius 2 is 1.83 bits per heavy atom. The van der Waals surface area contributed by atoms with Gasteiger partial charge in [-0.15, -0.1) is 24.5 Å². The second kappa shape index (κ2) is 8.74. The monoisotopic (exact) mass is 421 g/mol. The SMILES string of the molecule is O=C(CNC(=O)c1ccc(OC(F)(F)F)cc1)NN=Cc1csc2ccccc12. The molecule has 1 heterocycles. The van der Waals surface area contributed by atoms with Crippen molar-refractivity contribution >= 4 is 39.5 Å². The lowest BCUT2D eigenvalue weighted by Gasteiger charge is -2.09. The maximum absolute atomic E-state index is 12.1. The number of hydrogen-bond acceptors (Lipinski definition) is 5. The summed E-state index contributed by atoms with van der Waals surface area (Å²) < 4.78 is 41.2. The molecule has 29 heavy (non-hydrogen) atoms. The Morgan fingerprint density at radius 1 is 1.10 bits per heavy atom. The fourth-order valence-electron chi connectivity index (χ4n) is 2.38. The molecule has 6 nitrogen and oxygen atoms in total. The summed E-state index contributed by atoms with van der Waals surface area (Å²) in [7, 11) is 0. The van der Waals surface area contributed by atoms with Crippen LogP contribution in [0.4, 0.5) is 13.2 Å². The van der Waals surface area contributed by atoms with E-state index >= 15 is 0 Å². The molecular weight excluding hydrogens is 407 g/mol. The van der Waals surface area contributed by atoms with Crippen LogP contribution < -0.4 is 15.5 Å². The summed E-state index contributed by atoms with van der Waals surface area (Å²) in [6, 6.07) is 12.1. The quantitative estimate of drug-likeness (QED) is 0.471. The van der Waals surface area contributed by atoms with Gasteiger partial charge in [0.2, 0.25) is 0 Å². The summed E-state index contributed by atoms with van der Waals surface area (Å²) >= 11 is 1.56. The highest BCUT2D eigenvalue weighted by Gasteiger charge is 2.31. The summed E-state index contributed by atoms with van der Waals surface area (Å²) in [6.07, 6.45) is -3.30. The minimum atomic E-state index is -4.81. The highest BCUT2D eigenvalue weighted by molar-refractivity contribution is 7.17. The minimum Gasteiger partial charge on any atom is -0.406 e. The number of hydrogen-bond donors (Lipinski definition) is 2. The maximum atomic E-state index is 12.1. The summed E-state index contributed by atoms with van der Waals surface area (Å²) in [5.41, 5.74) is 3.24. The van der Waals surface area contributed by atoms with E-state index in [1.54, 1.807) is 11.3 Å². The molecule has 0 spiro atoms. The van der Waals surface area contributed by atoms with Crippen LogP contribution >= 0.6 is 11.3 Å². The van der Waals surface area contributed by atoms with Crippen LogP contribution in [0.15, 0.2) is 59.0 Å². The van der Waals surface area contributed by atoms with Crippen molar-refractivity contribution in [3.8, 4) is 5.75 Å². The predicted molar refractivity (Wildman–Crippen MR) is 103 cm³/mol. The Morgan fingerprint density at radius 3 is 2.55 bits per heavy atom. The van der Waals surface area contributed by atoms with E-state index in [4.69, 9.17) is 0 Å². The summed E-state index contributed by atoms with van der Waals surface area (Å²) in [6.45, 7) is -0.346. The normalized spacial score (nSPS) is 11.6. The molecule has 0 radical (unpaired) electrons. The lowest BCUT2D eigenvalue weighted by molar-refractivity contribution is -0.274. The number of rotatable bonds is 6. The Labute approximate surface area is 167 Å². The number of carbonyl (C=O) groups is 2. The van der Waals surface area contributed by atoms with Gasteiger partial charge in [0.25, 0.3) is 11.8 Å². The van der Waals surface area contributed by atoms with Gasteiger partial charge in [-0.05, 0) is 30.3 Å². The van der Waals surface area contributed by atoms with Crippen LogP contribution in [0.5, 0.6) is 5.75 Å². The van der Waals surface area contributed by atoms with Gasteiger partial charge in [0.05, 0.1) is 12.8 Å². The zero-order valence-corrected chi connectivity index (χ0v) is 15.5. The van der Waals surface area contributed by atoms with Gasteiger partial charge in [0, 0.05) is 26.6 Å². The third kappa shape index (κ3) is 5.79. The van der Waals surface area contributed by atoms with Crippen LogP contribution in [0.2, 0.25) is 0 Å². The predicted octanol–water partition coefficient (Wildman–Crippen LogP) is 3.68. The average molecular weight is 421 g/mol. The van der Waals surface area contributed by atoms with E-state index < -0.39 is 23.9 Å². The smallest absolute Gasteiger partial charge is 0.406 e. The van der Waals surface area contributed by atoms with Crippen LogP contribution in [0.25, 0.3) is 10.1 Å². The number of halogens is 3. The van der Waals surface area contributed by atoms with Crippen molar-refractivity contribution in [1.29, 1.82) is 0 Å². The van der Waals surface area contributed by atoms with Crippen LogP contribution in [-0.4, -0.2) is 30.9 Å². The highest BCUT2D eigenvalue weighted by atomic mass is 32.1. The molecule has 2 aromatic carbocycles. The van der Waals surface area contributed by atoms with Gasteiger partial charge in [0.15, 0.2) is 0 Å². The van der Waals surface area contributed by atoms with Crippen LogP contribution in [-0.2, 0) is 4.79 Å². The van der Waals surface area contributed by atoms with Crippen molar-refractivity contribution in [2.24, 2.45) is 5.10 Å². The first-order valence-corrected chi connectivity index (χ1v) is 9.12. The first kappa shape index (κ1) is 20.3. The second-order valence-corrected chi connectivity index (χ2v) is 6.65. The highest BCUT2D eigenvalue weighted by Crippen LogP contribution is 2.24. The van der Waals surface area contributed by atoms with Gasteiger partial charge in [-0.25, -0.2) is 5.43 Å². The molecule has 0 bridgehead atoms. The van der Waals surface area contributed by atoms with E-state index in [-0.39, 0.29) is 12.1 Å². The molecule has 0 aliphatic carbocycles. The number of ether oxygens (including phenoxy) is 1. The van der Waals surface area contributed by atoms with E-state index in [0.717, 1.165) is 39.9 Å². The molecule has 0 aliphatic rings. The van der Waals surface area contributed by atoms with Gasteiger partial charge in [-0.2, -0.15) is 5.10 Å². The molecule has 1 aromatic heterocycles. The van der Waals surface area contributed by atoms with Crippen molar-refractivity contribution in [2.75, 3.05) is 6.54 Å². The number of nitrogens with one attached hydrogen (secondary N) is 2. The van der Waals surface area contributed by atoms with Gasteiger partial charge in [0.1, 0.15) is 5.75 Å². The molecule has 10 heteroatoms. The van der Waals surface area contributed by atoms with E-state index in [0.29, 0.717) is 0 Å². The number of nitrogens with zero attached hydrogens (tertiary/aromatic N) is 1. The number of benzene rings is 2. The molecule has 150 valence electrons. The molecule has 0 fully saturated rings. The molecule has 3 rings (SSSR count).